The Morgan fingerprint density at radius 3 is 2.70 bits per heavy atom. The summed E-state index contributed by atoms with van der Waals surface area (Å²) in [4.78, 5) is 8.94. The lowest BCUT2D eigenvalue weighted by Gasteiger charge is -2.22. The molecule has 0 bridgehead atoms. The Morgan fingerprint density at radius 1 is 1.30 bits per heavy atom. The molecule has 5 heteroatoms. The van der Waals surface area contributed by atoms with Gasteiger partial charge in [0.25, 0.3) is 0 Å². The van der Waals surface area contributed by atoms with Crippen molar-refractivity contribution in [3.63, 3.8) is 0 Å². The molecule has 0 amide bonds. The van der Waals surface area contributed by atoms with Gasteiger partial charge in [-0.1, -0.05) is 6.92 Å². The van der Waals surface area contributed by atoms with Gasteiger partial charge in [-0.3, -0.25) is 4.57 Å². The van der Waals surface area contributed by atoms with Crippen LogP contribution in [0.25, 0.3) is 5.82 Å². The zero-order chi connectivity index (χ0) is 14.8. The Hall–Kier alpha value is -1.20. The number of pyridine rings is 1. The predicted molar refractivity (Wildman–Crippen MR) is 85.0 cm³/mol. The van der Waals surface area contributed by atoms with Crippen LogP contribution in [0.4, 0.5) is 0 Å². The molecule has 0 saturated heterocycles. The number of nitrogens with one attached hydrogen (secondary N) is 1. The van der Waals surface area contributed by atoms with Gasteiger partial charge in [0.05, 0.1) is 0 Å². The van der Waals surface area contributed by atoms with Crippen LogP contribution in [0.2, 0.25) is 0 Å². The standard InChI is InChI=1S/C15H21BrN4/c1-5-13-17-6-7-20(13)14-11(8-12(16)10-18-14)9-19-15(2,3)4/h6-8,10,19H,5,9H2,1-4H3. The number of aromatic nitrogens is 3. The summed E-state index contributed by atoms with van der Waals surface area (Å²) in [6, 6.07) is 2.11. The van der Waals surface area contributed by atoms with E-state index >= 15 is 0 Å². The molecule has 108 valence electrons. The van der Waals surface area contributed by atoms with Crippen molar-refractivity contribution in [2.45, 2.75) is 46.2 Å². The number of nitrogens with zero attached hydrogens (tertiary/aromatic N) is 3. The van der Waals surface area contributed by atoms with Crippen molar-refractivity contribution in [1.29, 1.82) is 0 Å². The smallest absolute Gasteiger partial charge is 0.142 e. The molecule has 20 heavy (non-hydrogen) atoms. The van der Waals surface area contributed by atoms with E-state index in [0.29, 0.717) is 0 Å². The summed E-state index contributed by atoms with van der Waals surface area (Å²) in [5, 5.41) is 3.51. The van der Waals surface area contributed by atoms with E-state index in [-0.39, 0.29) is 5.54 Å². The van der Waals surface area contributed by atoms with Crippen LogP contribution in [0.3, 0.4) is 0 Å². The Morgan fingerprint density at radius 2 is 2.05 bits per heavy atom. The summed E-state index contributed by atoms with van der Waals surface area (Å²) in [6.07, 6.45) is 6.51. The second kappa shape index (κ2) is 6.06. The van der Waals surface area contributed by atoms with Gasteiger partial charge in [-0.2, -0.15) is 0 Å². The maximum Gasteiger partial charge on any atom is 0.142 e. The van der Waals surface area contributed by atoms with Crippen LogP contribution in [0, 0.1) is 0 Å². The molecule has 2 heterocycles. The largest absolute Gasteiger partial charge is 0.308 e. The van der Waals surface area contributed by atoms with Gasteiger partial charge in [0.15, 0.2) is 0 Å². The maximum absolute atomic E-state index is 4.57. The van der Waals surface area contributed by atoms with Gasteiger partial charge < -0.3 is 5.32 Å². The van der Waals surface area contributed by atoms with Gasteiger partial charge in [-0.25, -0.2) is 9.97 Å². The Bertz CT molecular complexity index is 584. The van der Waals surface area contributed by atoms with Crippen LogP contribution >= 0.6 is 15.9 Å². The van der Waals surface area contributed by atoms with E-state index in [1.807, 2.05) is 18.6 Å². The average molecular weight is 337 g/mol. The summed E-state index contributed by atoms with van der Waals surface area (Å²) in [5.41, 5.74) is 1.23. The number of imidazole rings is 1. The minimum Gasteiger partial charge on any atom is -0.308 e. The molecule has 2 rings (SSSR count). The second-order valence-corrected chi connectivity index (χ2v) is 6.72. The minimum atomic E-state index is 0.0715. The molecule has 0 atom stereocenters. The summed E-state index contributed by atoms with van der Waals surface area (Å²) < 4.78 is 3.05. The molecule has 0 aliphatic heterocycles. The molecule has 0 radical (unpaired) electrons. The molecule has 0 aliphatic carbocycles. The first-order chi connectivity index (χ1) is 9.40. The zero-order valence-corrected chi connectivity index (χ0v) is 14.0. The van der Waals surface area contributed by atoms with Gasteiger partial charge in [-0.05, 0) is 42.8 Å². The zero-order valence-electron chi connectivity index (χ0n) is 12.4. The third-order valence-corrected chi connectivity index (χ3v) is 3.41. The first-order valence-electron chi connectivity index (χ1n) is 6.83. The van der Waals surface area contributed by atoms with Gasteiger partial charge >= 0.3 is 0 Å². The predicted octanol–water partition coefficient (Wildman–Crippen LogP) is 3.48. The quantitative estimate of drug-likeness (QED) is 0.929. The summed E-state index contributed by atoms with van der Waals surface area (Å²) >= 11 is 3.50. The fourth-order valence-electron chi connectivity index (χ4n) is 1.97. The number of rotatable bonds is 4. The Balaban J connectivity index is 2.38. The van der Waals surface area contributed by atoms with E-state index in [1.54, 1.807) is 0 Å². The van der Waals surface area contributed by atoms with Gasteiger partial charge in [0, 0.05) is 47.1 Å². The van der Waals surface area contributed by atoms with Crippen molar-refractivity contribution in [2.75, 3.05) is 0 Å². The van der Waals surface area contributed by atoms with Crippen molar-refractivity contribution in [2.24, 2.45) is 0 Å². The molecule has 0 aliphatic rings. The first-order valence-corrected chi connectivity index (χ1v) is 7.62. The third kappa shape index (κ3) is 3.67. The molecule has 0 fully saturated rings. The number of halogens is 1. The van der Waals surface area contributed by atoms with E-state index < -0.39 is 0 Å². The van der Waals surface area contributed by atoms with Crippen LogP contribution in [0.5, 0.6) is 0 Å². The SMILES string of the molecule is CCc1nccn1-c1ncc(Br)cc1CNC(C)(C)C. The second-order valence-electron chi connectivity index (χ2n) is 5.81. The van der Waals surface area contributed by atoms with E-state index in [9.17, 15) is 0 Å². The van der Waals surface area contributed by atoms with Crippen LogP contribution in [-0.2, 0) is 13.0 Å². The van der Waals surface area contributed by atoms with Crippen LogP contribution in [-0.4, -0.2) is 20.1 Å². The molecular formula is C15H21BrN4. The maximum atomic E-state index is 4.57. The van der Waals surface area contributed by atoms with Crippen molar-refractivity contribution in [3.8, 4) is 5.82 Å². The molecule has 0 saturated carbocycles. The highest BCUT2D eigenvalue weighted by molar-refractivity contribution is 9.10. The fraction of sp³-hybridized carbons (Fsp3) is 0.467. The first kappa shape index (κ1) is 15.2. The average Bonchev–Trinajstić information content (AvgIpc) is 2.83. The van der Waals surface area contributed by atoms with E-state index in [2.05, 4.69) is 69.5 Å². The van der Waals surface area contributed by atoms with E-state index in [1.165, 1.54) is 0 Å². The fourth-order valence-corrected chi connectivity index (χ4v) is 2.35. The highest BCUT2D eigenvalue weighted by atomic mass is 79.9. The molecule has 0 unspecified atom stereocenters. The van der Waals surface area contributed by atoms with E-state index in [0.717, 1.165) is 34.6 Å². The lowest BCUT2D eigenvalue weighted by Crippen LogP contribution is -2.35. The molecular weight excluding hydrogens is 316 g/mol. The van der Waals surface area contributed by atoms with Crippen LogP contribution < -0.4 is 5.32 Å². The van der Waals surface area contributed by atoms with Gasteiger partial charge in [-0.15, -0.1) is 0 Å². The summed E-state index contributed by atoms with van der Waals surface area (Å²) in [5.74, 6) is 1.97. The Labute approximate surface area is 128 Å². The monoisotopic (exact) mass is 336 g/mol. The molecule has 2 aromatic rings. The minimum absolute atomic E-state index is 0.0715. The number of hydrogen-bond acceptors (Lipinski definition) is 3. The summed E-state index contributed by atoms with van der Waals surface area (Å²) in [6.45, 7) is 9.35. The topological polar surface area (TPSA) is 42.7 Å². The molecule has 0 aromatic carbocycles. The lowest BCUT2D eigenvalue weighted by molar-refractivity contribution is 0.423. The lowest BCUT2D eigenvalue weighted by atomic mass is 10.1. The molecule has 2 aromatic heterocycles. The van der Waals surface area contributed by atoms with Crippen LogP contribution in [0.1, 0.15) is 39.1 Å². The highest BCUT2D eigenvalue weighted by Crippen LogP contribution is 2.19. The van der Waals surface area contributed by atoms with Crippen molar-refractivity contribution >= 4 is 15.9 Å². The normalized spacial score (nSPS) is 11.8. The number of hydrogen-bond donors (Lipinski definition) is 1. The molecule has 4 nitrogen and oxygen atoms in total. The highest BCUT2D eigenvalue weighted by Gasteiger charge is 2.14. The van der Waals surface area contributed by atoms with Crippen LogP contribution in [0.15, 0.2) is 29.1 Å². The van der Waals surface area contributed by atoms with Gasteiger partial charge in [0.1, 0.15) is 11.6 Å². The van der Waals surface area contributed by atoms with E-state index in [4.69, 9.17) is 0 Å². The summed E-state index contributed by atoms with van der Waals surface area (Å²) in [7, 11) is 0. The third-order valence-electron chi connectivity index (χ3n) is 2.98. The Kier molecular flexibility index (Phi) is 4.60. The van der Waals surface area contributed by atoms with Crippen molar-refractivity contribution in [1.82, 2.24) is 19.9 Å². The van der Waals surface area contributed by atoms with Gasteiger partial charge in [0.2, 0.25) is 0 Å². The van der Waals surface area contributed by atoms with Crippen molar-refractivity contribution in [3.05, 3.63) is 40.5 Å². The molecule has 0 spiro atoms. The van der Waals surface area contributed by atoms with Crippen molar-refractivity contribution < 1.29 is 0 Å². The number of aryl methyl sites for hydroxylation is 1. The molecule has 1 N–H and O–H groups in total.